The summed E-state index contributed by atoms with van der Waals surface area (Å²) in [6.07, 6.45) is 5.94. The Kier molecular flexibility index (Phi) is 2.73. The van der Waals surface area contributed by atoms with Gasteiger partial charge in [0, 0.05) is 12.3 Å². The number of rotatable bonds is 2. The fourth-order valence-electron chi connectivity index (χ4n) is 2.64. The van der Waals surface area contributed by atoms with E-state index >= 15 is 0 Å². The molecule has 2 saturated carbocycles. The molecule has 4 nitrogen and oxygen atoms in total. The molecule has 0 amide bonds. The van der Waals surface area contributed by atoms with Gasteiger partial charge in [0.25, 0.3) is 0 Å². The molecule has 1 aromatic heterocycles. The number of Topliss-reactive ketones (excluding diaryl/α,β-unsaturated/α-hetero) is 1. The van der Waals surface area contributed by atoms with Gasteiger partial charge in [-0.2, -0.15) is 4.98 Å². The third-order valence-corrected chi connectivity index (χ3v) is 4.00. The Morgan fingerprint density at radius 1 is 1.29 bits per heavy atom. The smallest absolute Gasteiger partial charge is 0.237 e. The van der Waals surface area contributed by atoms with Gasteiger partial charge in [-0.15, -0.1) is 0 Å². The number of nitrogens with zero attached hydrogens (tertiary/aromatic N) is 2. The van der Waals surface area contributed by atoms with Gasteiger partial charge in [-0.05, 0) is 25.2 Å². The molecule has 0 aliphatic heterocycles. The van der Waals surface area contributed by atoms with Gasteiger partial charge in [0.2, 0.25) is 5.89 Å². The maximum atomic E-state index is 11.9. The summed E-state index contributed by atoms with van der Waals surface area (Å²) in [5.74, 6) is 2.66. The standard InChI is InChI=1S/C13H18N2O2/c1-8-7-10(8)12-14-13(17-15-12)9-5-3-2-4-6-11(9)16/h8-10H,2-7H2,1H3. The van der Waals surface area contributed by atoms with Crippen molar-refractivity contribution in [3.8, 4) is 0 Å². The van der Waals surface area contributed by atoms with Crippen LogP contribution in [-0.4, -0.2) is 15.9 Å². The third-order valence-electron chi connectivity index (χ3n) is 4.00. The van der Waals surface area contributed by atoms with Crippen LogP contribution in [0.1, 0.15) is 69.0 Å². The molecule has 17 heavy (non-hydrogen) atoms. The van der Waals surface area contributed by atoms with Crippen molar-refractivity contribution in [2.75, 3.05) is 0 Å². The van der Waals surface area contributed by atoms with Gasteiger partial charge in [0.1, 0.15) is 5.78 Å². The number of carbonyl (C=O) groups is 1. The van der Waals surface area contributed by atoms with E-state index in [4.69, 9.17) is 4.52 Å². The summed E-state index contributed by atoms with van der Waals surface area (Å²) in [4.78, 5) is 16.4. The van der Waals surface area contributed by atoms with Crippen molar-refractivity contribution in [3.05, 3.63) is 11.7 Å². The molecule has 0 spiro atoms. The number of aromatic nitrogens is 2. The first kappa shape index (κ1) is 10.9. The summed E-state index contributed by atoms with van der Waals surface area (Å²) in [5.41, 5.74) is 0. The lowest BCUT2D eigenvalue weighted by Gasteiger charge is -2.06. The second-order valence-electron chi connectivity index (χ2n) is 5.43. The Labute approximate surface area is 101 Å². The van der Waals surface area contributed by atoms with E-state index in [9.17, 15) is 4.79 Å². The van der Waals surface area contributed by atoms with Crippen LogP contribution in [-0.2, 0) is 4.79 Å². The molecule has 92 valence electrons. The Bertz CT molecular complexity index is 427. The lowest BCUT2D eigenvalue weighted by molar-refractivity contribution is -0.120. The van der Waals surface area contributed by atoms with Crippen LogP contribution in [0.3, 0.4) is 0 Å². The van der Waals surface area contributed by atoms with E-state index in [2.05, 4.69) is 17.1 Å². The Hall–Kier alpha value is -1.19. The van der Waals surface area contributed by atoms with Crippen molar-refractivity contribution >= 4 is 5.78 Å². The Balaban J connectivity index is 1.77. The van der Waals surface area contributed by atoms with Crippen molar-refractivity contribution in [2.24, 2.45) is 5.92 Å². The SMILES string of the molecule is CC1CC1c1noc(C2CCCCCC2=O)n1. The predicted molar refractivity (Wildman–Crippen MR) is 61.7 cm³/mol. The van der Waals surface area contributed by atoms with Crippen molar-refractivity contribution in [3.63, 3.8) is 0 Å². The summed E-state index contributed by atoms with van der Waals surface area (Å²) in [7, 11) is 0. The van der Waals surface area contributed by atoms with Crippen LogP contribution >= 0.6 is 0 Å². The highest BCUT2D eigenvalue weighted by atomic mass is 16.5. The van der Waals surface area contributed by atoms with Gasteiger partial charge < -0.3 is 4.52 Å². The van der Waals surface area contributed by atoms with Crippen LogP contribution in [0.4, 0.5) is 0 Å². The molecule has 3 rings (SSSR count). The van der Waals surface area contributed by atoms with Crippen LogP contribution in [0.25, 0.3) is 0 Å². The summed E-state index contributed by atoms with van der Waals surface area (Å²) in [6, 6.07) is 0. The molecule has 0 saturated heterocycles. The molecular formula is C13H18N2O2. The minimum absolute atomic E-state index is 0.132. The molecule has 2 aliphatic rings. The quantitative estimate of drug-likeness (QED) is 0.738. The highest BCUT2D eigenvalue weighted by molar-refractivity contribution is 5.84. The Morgan fingerprint density at radius 3 is 2.88 bits per heavy atom. The molecule has 1 aromatic rings. The second-order valence-corrected chi connectivity index (χ2v) is 5.43. The zero-order valence-electron chi connectivity index (χ0n) is 10.2. The maximum absolute atomic E-state index is 11.9. The first-order valence-electron chi connectivity index (χ1n) is 6.62. The minimum atomic E-state index is -0.132. The molecule has 0 aromatic carbocycles. The average molecular weight is 234 g/mol. The highest BCUT2D eigenvalue weighted by Gasteiger charge is 2.39. The minimum Gasteiger partial charge on any atom is -0.339 e. The van der Waals surface area contributed by atoms with E-state index in [0.717, 1.165) is 37.9 Å². The fraction of sp³-hybridized carbons (Fsp3) is 0.769. The topological polar surface area (TPSA) is 56.0 Å². The van der Waals surface area contributed by atoms with Crippen molar-refractivity contribution in [1.29, 1.82) is 0 Å². The lowest BCUT2D eigenvalue weighted by Crippen LogP contribution is -2.10. The first-order valence-corrected chi connectivity index (χ1v) is 6.62. The van der Waals surface area contributed by atoms with Crippen LogP contribution in [0.15, 0.2) is 4.52 Å². The van der Waals surface area contributed by atoms with Crippen molar-refractivity contribution < 1.29 is 9.32 Å². The molecule has 0 bridgehead atoms. The molecule has 2 aliphatic carbocycles. The van der Waals surface area contributed by atoms with E-state index < -0.39 is 0 Å². The largest absolute Gasteiger partial charge is 0.339 e. The Morgan fingerprint density at radius 2 is 2.12 bits per heavy atom. The van der Waals surface area contributed by atoms with E-state index in [0.29, 0.717) is 24.1 Å². The van der Waals surface area contributed by atoms with Crippen molar-refractivity contribution in [1.82, 2.24) is 10.1 Å². The summed E-state index contributed by atoms with van der Waals surface area (Å²) in [6.45, 7) is 2.19. The molecule has 0 N–H and O–H groups in total. The van der Waals surface area contributed by atoms with E-state index in [1.165, 1.54) is 0 Å². The van der Waals surface area contributed by atoms with E-state index in [1.807, 2.05) is 0 Å². The normalized spacial score (nSPS) is 33.5. The lowest BCUT2D eigenvalue weighted by atomic mass is 9.99. The number of carbonyl (C=O) groups excluding carboxylic acids is 1. The monoisotopic (exact) mass is 234 g/mol. The molecular weight excluding hydrogens is 216 g/mol. The molecule has 2 fully saturated rings. The fourth-order valence-corrected chi connectivity index (χ4v) is 2.64. The van der Waals surface area contributed by atoms with Crippen LogP contribution in [0, 0.1) is 5.92 Å². The molecule has 4 heteroatoms. The predicted octanol–water partition coefficient (Wildman–Crippen LogP) is 2.81. The van der Waals surface area contributed by atoms with Crippen molar-refractivity contribution in [2.45, 2.75) is 57.3 Å². The summed E-state index contributed by atoms with van der Waals surface area (Å²) >= 11 is 0. The van der Waals surface area contributed by atoms with Gasteiger partial charge in [0.15, 0.2) is 5.82 Å². The highest BCUT2D eigenvalue weighted by Crippen LogP contribution is 2.45. The van der Waals surface area contributed by atoms with Gasteiger partial charge in [0.05, 0.1) is 5.92 Å². The van der Waals surface area contributed by atoms with Crippen LogP contribution in [0.5, 0.6) is 0 Å². The summed E-state index contributed by atoms with van der Waals surface area (Å²) < 4.78 is 5.30. The van der Waals surface area contributed by atoms with Crippen LogP contribution in [0.2, 0.25) is 0 Å². The first-order chi connectivity index (χ1) is 8.25. The summed E-state index contributed by atoms with van der Waals surface area (Å²) in [5, 5.41) is 4.03. The third kappa shape index (κ3) is 2.13. The second kappa shape index (κ2) is 4.24. The zero-order valence-corrected chi connectivity index (χ0v) is 10.2. The van der Waals surface area contributed by atoms with Crippen LogP contribution < -0.4 is 0 Å². The van der Waals surface area contributed by atoms with Gasteiger partial charge in [-0.25, -0.2) is 0 Å². The van der Waals surface area contributed by atoms with E-state index in [1.54, 1.807) is 0 Å². The molecule has 0 radical (unpaired) electrons. The van der Waals surface area contributed by atoms with Gasteiger partial charge in [-0.1, -0.05) is 24.9 Å². The average Bonchev–Trinajstić information content (AvgIpc) is 2.92. The molecule has 3 unspecified atom stereocenters. The zero-order chi connectivity index (χ0) is 11.8. The van der Waals surface area contributed by atoms with Gasteiger partial charge >= 0.3 is 0 Å². The number of ketones is 1. The van der Waals surface area contributed by atoms with Gasteiger partial charge in [-0.3, -0.25) is 4.79 Å². The van der Waals surface area contributed by atoms with E-state index in [-0.39, 0.29) is 11.7 Å². The number of hydrogen-bond acceptors (Lipinski definition) is 4. The molecule has 3 atom stereocenters. The molecule has 1 heterocycles. The number of hydrogen-bond donors (Lipinski definition) is 0. The maximum Gasteiger partial charge on any atom is 0.237 e.